The van der Waals surface area contributed by atoms with E-state index < -0.39 is 6.04 Å². The molecule has 0 spiro atoms. The topological polar surface area (TPSA) is 90.9 Å². The van der Waals surface area contributed by atoms with Crippen molar-refractivity contribution in [2.24, 2.45) is 5.18 Å². The summed E-state index contributed by atoms with van der Waals surface area (Å²) in [6.45, 7) is 5.48. The van der Waals surface area contributed by atoms with Crippen molar-refractivity contribution in [3.05, 3.63) is 82.3 Å². The highest BCUT2D eigenvalue weighted by molar-refractivity contribution is 5.61. The van der Waals surface area contributed by atoms with Gasteiger partial charge in [-0.2, -0.15) is 4.91 Å². The third-order valence-electron chi connectivity index (χ3n) is 8.03. The number of hydrogen-bond acceptors (Lipinski definition) is 9. The first kappa shape index (κ1) is 27.5. The van der Waals surface area contributed by atoms with E-state index in [9.17, 15) is 4.91 Å². The molecule has 3 aromatic carbocycles. The Bertz CT molecular complexity index is 1330. The van der Waals surface area contributed by atoms with Crippen LogP contribution in [0, 0.1) is 4.91 Å². The molecule has 1 fully saturated rings. The molecular formula is C32H37N3O6. The van der Waals surface area contributed by atoms with E-state index in [1.165, 1.54) is 5.56 Å². The molecule has 9 heteroatoms. The Morgan fingerprint density at radius 3 is 2.66 bits per heavy atom. The van der Waals surface area contributed by atoms with E-state index >= 15 is 0 Å². The van der Waals surface area contributed by atoms with E-state index in [1.54, 1.807) is 7.11 Å². The molecule has 216 valence electrons. The Balaban J connectivity index is 1.14. The van der Waals surface area contributed by atoms with Gasteiger partial charge in [0.1, 0.15) is 35.6 Å². The van der Waals surface area contributed by atoms with Crippen molar-refractivity contribution < 1.29 is 23.7 Å². The summed E-state index contributed by atoms with van der Waals surface area (Å²) in [6.07, 6.45) is 1.65. The van der Waals surface area contributed by atoms with Crippen LogP contribution in [0.5, 0.6) is 23.0 Å². The summed E-state index contributed by atoms with van der Waals surface area (Å²) in [5.41, 5.74) is 4.33. The zero-order valence-corrected chi connectivity index (χ0v) is 23.4. The molecule has 3 aliphatic rings. The maximum Gasteiger partial charge on any atom is 0.142 e. The van der Waals surface area contributed by atoms with Gasteiger partial charge in [-0.15, -0.1) is 0 Å². The Morgan fingerprint density at radius 1 is 0.976 bits per heavy atom. The standard InChI is InChI=1S/C32H37N3O6/c1-37-14-2-12-35-13-16-39-30-9-3-22(17-28(30)35)21-40-31-20-33-19-27(34-36)32(31)23-4-6-25(7-5-23)41-26-8-10-29-24(18-26)11-15-38-29/h3-10,17-18,27,31-33H,2,11-16,19-21H2,1H3/t27-,31+,32+/m1/s1. The third kappa shape index (κ3) is 6.32. The highest BCUT2D eigenvalue weighted by Crippen LogP contribution is 2.36. The predicted octanol–water partition coefficient (Wildman–Crippen LogP) is 5.06. The maximum absolute atomic E-state index is 11.9. The molecule has 3 aromatic rings. The van der Waals surface area contributed by atoms with E-state index in [-0.39, 0.29) is 12.0 Å². The number of fused-ring (bicyclic) bond motifs is 2. The van der Waals surface area contributed by atoms with Crippen molar-refractivity contribution in [1.29, 1.82) is 0 Å². The first-order valence-electron chi connectivity index (χ1n) is 14.4. The van der Waals surface area contributed by atoms with Crippen LogP contribution in [0.2, 0.25) is 0 Å². The number of methoxy groups -OCH3 is 1. The smallest absolute Gasteiger partial charge is 0.142 e. The first-order valence-corrected chi connectivity index (χ1v) is 14.4. The van der Waals surface area contributed by atoms with Crippen LogP contribution in [-0.4, -0.2) is 65.3 Å². The summed E-state index contributed by atoms with van der Waals surface area (Å²) in [5.74, 6) is 3.19. The number of hydrogen-bond donors (Lipinski definition) is 1. The zero-order chi connectivity index (χ0) is 28.0. The van der Waals surface area contributed by atoms with Crippen LogP contribution in [-0.2, 0) is 22.5 Å². The van der Waals surface area contributed by atoms with Gasteiger partial charge < -0.3 is 33.9 Å². The average molecular weight is 560 g/mol. The molecule has 0 saturated carbocycles. The molecule has 0 radical (unpaired) electrons. The number of benzene rings is 3. The molecule has 0 bridgehead atoms. The Kier molecular flexibility index (Phi) is 8.65. The van der Waals surface area contributed by atoms with E-state index in [4.69, 9.17) is 23.7 Å². The fourth-order valence-electron chi connectivity index (χ4n) is 5.94. The number of rotatable bonds is 11. The van der Waals surface area contributed by atoms with Crippen molar-refractivity contribution in [3.8, 4) is 23.0 Å². The SMILES string of the molecule is COCCCN1CCOc2ccc(CO[C@H]3CNC[C@@H](N=O)[C@@H]3c3ccc(Oc4ccc5c(c4)CCO5)cc3)cc21. The minimum absolute atomic E-state index is 0.161. The third-order valence-corrected chi connectivity index (χ3v) is 8.03. The zero-order valence-electron chi connectivity index (χ0n) is 23.4. The van der Waals surface area contributed by atoms with Gasteiger partial charge in [-0.05, 0) is 60.0 Å². The van der Waals surface area contributed by atoms with E-state index in [2.05, 4.69) is 27.5 Å². The van der Waals surface area contributed by atoms with Crippen LogP contribution >= 0.6 is 0 Å². The molecule has 0 aromatic heterocycles. The van der Waals surface area contributed by atoms with Gasteiger partial charge in [0.2, 0.25) is 0 Å². The van der Waals surface area contributed by atoms with Gasteiger partial charge in [0.15, 0.2) is 0 Å². The molecule has 3 heterocycles. The molecule has 0 unspecified atom stereocenters. The van der Waals surface area contributed by atoms with Crippen LogP contribution in [0.1, 0.15) is 29.0 Å². The van der Waals surface area contributed by atoms with Crippen molar-refractivity contribution in [1.82, 2.24) is 5.32 Å². The van der Waals surface area contributed by atoms with Crippen molar-refractivity contribution in [2.45, 2.75) is 37.5 Å². The predicted molar refractivity (Wildman–Crippen MR) is 157 cm³/mol. The highest BCUT2D eigenvalue weighted by atomic mass is 16.5. The quantitative estimate of drug-likeness (QED) is 0.258. The van der Waals surface area contributed by atoms with Crippen molar-refractivity contribution in [3.63, 3.8) is 0 Å². The number of nitrogens with zero attached hydrogens (tertiary/aromatic N) is 2. The molecule has 1 saturated heterocycles. The largest absolute Gasteiger partial charge is 0.493 e. The van der Waals surface area contributed by atoms with Gasteiger partial charge in [-0.25, -0.2) is 0 Å². The first-order chi connectivity index (χ1) is 20.2. The van der Waals surface area contributed by atoms with Gasteiger partial charge in [0.05, 0.1) is 31.5 Å². The molecule has 9 nitrogen and oxygen atoms in total. The minimum atomic E-state index is -0.426. The van der Waals surface area contributed by atoms with E-state index in [0.717, 1.165) is 72.4 Å². The summed E-state index contributed by atoms with van der Waals surface area (Å²) in [7, 11) is 1.73. The Labute approximate surface area is 240 Å². The Hall–Kier alpha value is -3.66. The van der Waals surface area contributed by atoms with Crippen LogP contribution < -0.4 is 24.4 Å². The summed E-state index contributed by atoms with van der Waals surface area (Å²) in [5, 5.41) is 6.80. The highest BCUT2D eigenvalue weighted by Gasteiger charge is 2.36. The summed E-state index contributed by atoms with van der Waals surface area (Å²) in [4.78, 5) is 14.2. The second-order valence-electron chi connectivity index (χ2n) is 10.7. The second kappa shape index (κ2) is 12.9. The molecule has 3 atom stereocenters. The van der Waals surface area contributed by atoms with Crippen LogP contribution in [0.3, 0.4) is 0 Å². The second-order valence-corrected chi connectivity index (χ2v) is 10.7. The number of anilines is 1. The lowest BCUT2D eigenvalue weighted by Gasteiger charge is -2.36. The lowest BCUT2D eigenvalue weighted by Crippen LogP contribution is -2.48. The van der Waals surface area contributed by atoms with Gasteiger partial charge in [-0.3, -0.25) is 0 Å². The van der Waals surface area contributed by atoms with Crippen molar-refractivity contribution in [2.75, 3.05) is 58.0 Å². The lowest BCUT2D eigenvalue weighted by atomic mass is 9.84. The summed E-state index contributed by atoms with van der Waals surface area (Å²) >= 11 is 0. The monoisotopic (exact) mass is 559 g/mol. The van der Waals surface area contributed by atoms with Crippen LogP contribution in [0.25, 0.3) is 0 Å². The van der Waals surface area contributed by atoms with Crippen LogP contribution in [0.15, 0.2) is 65.8 Å². The molecule has 1 N–H and O–H groups in total. The van der Waals surface area contributed by atoms with Gasteiger partial charge in [0.25, 0.3) is 0 Å². The fourth-order valence-corrected chi connectivity index (χ4v) is 5.94. The van der Waals surface area contributed by atoms with Crippen molar-refractivity contribution >= 4 is 5.69 Å². The number of nitroso groups, excluding NO2 is 1. The normalized spacial score (nSPS) is 21.4. The van der Waals surface area contributed by atoms with Crippen LogP contribution in [0.4, 0.5) is 5.69 Å². The summed E-state index contributed by atoms with van der Waals surface area (Å²) < 4.78 is 29.3. The van der Waals surface area contributed by atoms with E-state index in [0.29, 0.717) is 32.9 Å². The molecule has 0 amide bonds. The number of piperidine rings is 1. The molecule has 0 aliphatic carbocycles. The number of ether oxygens (including phenoxy) is 5. The lowest BCUT2D eigenvalue weighted by molar-refractivity contribution is 0.00539. The fraction of sp³-hybridized carbons (Fsp3) is 0.438. The molecule has 3 aliphatic heterocycles. The average Bonchev–Trinajstić information content (AvgIpc) is 3.48. The minimum Gasteiger partial charge on any atom is -0.493 e. The summed E-state index contributed by atoms with van der Waals surface area (Å²) in [6, 6.07) is 19.6. The Morgan fingerprint density at radius 2 is 1.80 bits per heavy atom. The molecule has 41 heavy (non-hydrogen) atoms. The maximum atomic E-state index is 11.9. The number of nitrogens with one attached hydrogen (secondary N) is 1. The molecule has 6 rings (SSSR count). The van der Waals surface area contributed by atoms with E-state index in [1.807, 2.05) is 48.5 Å². The molecular weight excluding hydrogens is 522 g/mol. The van der Waals surface area contributed by atoms with Gasteiger partial charge >= 0.3 is 0 Å². The van der Waals surface area contributed by atoms with Gasteiger partial charge in [0, 0.05) is 51.3 Å². The van der Waals surface area contributed by atoms with Gasteiger partial charge in [-0.1, -0.05) is 23.4 Å².